The number of carbonyl (C=O) groups excluding carboxylic acids is 2. The summed E-state index contributed by atoms with van der Waals surface area (Å²) in [5, 5.41) is 2.65. The summed E-state index contributed by atoms with van der Waals surface area (Å²) in [5.41, 5.74) is 6.63. The quantitative estimate of drug-likeness (QED) is 0.864. The van der Waals surface area contributed by atoms with E-state index in [9.17, 15) is 9.59 Å². The molecule has 3 N–H and O–H groups in total. The van der Waals surface area contributed by atoms with E-state index in [0.717, 1.165) is 0 Å². The van der Waals surface area contributed by atoms with E-state index in [4.69, 9.17) is 5.73 Å². The van der Waals surface area contributed by atoms with Gasteiger partial charge >= 0.3 is 0 Å². The molecule has 0 spiro atoms. The van der Waals surface area contributed by atoms with Crippen molar-refractivity contribution in [2.75, 3.05) is 19.4 Å². The number of nitrogens with zero attached hydrogens (tertiary/aromatic N) is 1. The van der Waals surface area contributed by atoms with Crippen molar-refractivity contribution in [3.63, 3.8) is 0 Å². The Hall–Kier alpha value is -1.59. The van der Waals surface area contributed by atoms with Gasteiger partial charge in [0, 0.05) is 25.3 Å². The SMILES string of the molecule is C[C@H](N)C(=O)Nc1ccc(C(=O)N(C)C)cc1.Cl. The molecular weight excluding hydrogens is 254 g/mol. The lowest BCUT2D eigenvalue weighted by Gasteiger charge is -2.11. The highest BCUT2D eigenvalue weighted by atomic mass is 35.5. The Balaban J connectivity index is 0.00000289. The Morgan fingerprint density at radius 1 is 1.22 bits per heavy atom. The molecule has 1 aromatic carbocycles. The number of nitrogens with two attached hydrogens (primary N) is 1. The number of benzene rings is 1. The van der Waals surface area contributed by atoms with Crippen molar-refractivity contribution in [1.29, 1.82) is 0 Å². The molecule has 6 heteroatoms. The van der Waals surface area contributed by atoms with Gasteiger partial charge in [-0.05, 0) is 31.2 Å². The fourth-order valence-corrected chi connectivity index (χ4v) is 1.21. The molecule has 1 aromatic rings. The van der Waals surface area contributed by atoms with Crippen LogP contribution in [0, 0.1) is 0 Å². The molecule has 0 radical (unpaired) electrons. The monoisotopic (exact) mass is 271 g/mol. The van der Waals surface area contributed by atoms with Crippen LogP contribution in [0.4, 0.5) is 5.69 Å². The van der Waals surface area contributed by atoms with Crippen molar-refractivity contribution < 1.29 is 9.59 Å². The molecule has 100 valence electrons. The van der Waals surface area contributed by atoms with Crippen molar-refractivity contribution >= 4 is 29.9 Å². The average Bonchev–Trinajstić information content (AvgIpc) is 2.28. The maximum absolute atomic E-state index is 11.6. The maximum atomic E-state index is 11.6. The molecule has 0 aliphatic rings. The molecule has 1 rings (SSSR count). The zero-order chi connectivity index (χ0) is 13.0. The highest BCUT2D eigenvalue weighted by molar-refractivity contribution is 5.96. The van der Waals surface area contributed by atoms with Crippen LogP contribution in [0.3, 0.4) is 0 Å². The summed E-state index contributed by atoms with van der Waals surface area (Å²) in [6, 6.07) is 6.13. The zero-order valence-electron chi connectivity index (χ0n) is 10.6. The lowest BCUT2D eigenvalue weighted by molar-refractivity contribution is -0.117. The van der Waals surface area contributed by atoms with Gasteiger partial charge in [-0.1, -0.05) is 0 Å². The van der Waals surface area contributed by atoms with Crippen molar-refractivity contribution in [3.05, 3.63) is 29.8 Å². The summed E-state index contributed by atoms with van der Waals surface area (Å²) in [5.74, 6) is -0.327. The molecule has 0 aromatic heterocycles. The number of amides is 2. The number of nitrogens with one attached hydrogen (secondary N) is 1. The number of halogens is 1. The molecule has 0 saturated carbocycles. The molecule has 0 aliphatic carbocycles. The first-order chi connectivity index (χ1) is 7.91. The Morgan fingerprint density at radius 3 is 2.11 bits per heavy atom. The van der Waals surface area contributed by atoms with Crippen LogP contribution in [-0.4, -0.2) is 36.9 Å². The third kappa shape index (κ3) is 4.35. The average molecular weight is 272 g/mol. The van der Waals surface area contributed by atoms with Crippen LogP contribution >= 0.6 is 12.4 Å². The van der Waals surface area contributed by atoms with E-state index < -0.39 is 6.04 Å². The Kier molecular flexibility index (Phi) is 6.36. The lowest BCUT2D eigenvalue weighted by Crippen LogP contribution is -2.32. The van der Waals surface area contributed by atoms with Gasteiger partial charge in [-0.25, -0.2) is 0 Å². The van der Waals surface area contributed by atoms with Crippen molar-refractivity contribution in [3.8, 4) is 0 Å². The van der Waals surface area contributed by atoms with Gasteiger partial charge in [-0.15, -0.1) is 12.4 Å². The normalized spacial score (nSPS) is 11.1. The van der Waals surface area contributed by atoms with Crippen LogP contribution in [0.25, 0.3) is 0 Å². The highest BCUT2D eigenvalue weighted by Crippen LogP contribution is 2.10. The first-order valence-electron chi connectivity index (χ1n) is 5.30. The zero-order valence-corrected chi connectivity index (χ0v) is 11.5. The van der Waals surface area contributed by atoms with Crippen molar-refractivity contribution in [2.24, 2.45) is 5.73 Å². The molecule has 0 aliphatic heterocycles. The topological polar surface area (TPSA) is 75.4 Å². The Bertz CT molecular complexity index is 416. The summed E-state index contributed by atoms with van der Waals surface area (Å²) in [6.45, 7) is 1.61. The van der Waals surface area contributed by atoms with Crippen LogP contribution in [0.5, 0.6) is 0 Å². The van der Waals surface area contributed by atoms with E-state index in [-0.39, 0.29) is 24.2 Å². The molecule has 18 heavy (non-hydrogen) atoms. The minimum atomic E-state index is -0.557. The molecule has 0 saturated heterocycles. The third-order valence-electron chi connectivity index (χ3n) is 2.22. The standard InChI is InChI=1S/C12H17N3O2.ClH/c1-8(13)11(16)14-10-6-4-9(5-7-10)12(17)15(2)3;/h4-8H,13H2,1-3H3,(H,14,16);1H/t8-;/m0./s1. The van der Waals surface area contributed by atoms with Gasteiger partial charge in [0.25, 0.3) is 5.91 Å². The van der Waals surface area contributed by atoms with E-state index in [2.05, 4.69) is 5.32 Å². The third-order valence-corrected chi connectivity index (χ3v) is 2.22. The van der Waals surface area contributed by atoms with E-state index in [0.29, 0.717) is 11.3 Å². The predicted molar refractivity (Wildman–Crippen MR) is 74.0 cm³/mol. The molecule has 0 heterocycles. The van der Waals surface area contributed by atoms with Crippen LogP contribution in [0.2, 0.25) is 0 Å². The van der Waals surface area contributed by atoms with E-state index >= 15 is 0 Å². The van der Waals surface area contributed by atoms with E-state index in [1.807, 2.05) is 0 Å². The first-order valence-corrected chi connectivity index (χ1v) is 5.30. The molecule has 5 nitrogen and oxygen atoms in total. The largest absolute Gasteiger partial charge is 0.345 e. The number of rotatable bonds is 3. The van der Waals surface area contributed by atoms with Crippen molar-refractivity contribution in [2.45, 2.75) is 13.0 Å². The smallest absolute Gasteiger partial charge is 0.253 e. The van der Waals surface area contributed by atoms with Gasteiger partial charge in [0.15, 0.2) is 0 Å². The number of hydrogen-bond donors (Lipinski definition) is 2. The Labute approximate surface area is 113 Å². The van der Waals surface area contributed by atoms with Crippen LogP contribution in [-0.2, 0) is 4.79 Å². The van der Waals surface area contributed by atoms with Gasteiger partial charge in [-0.2, -0.15) is 0 Å². The summed E-state index contributed by atoms with van der Waals surface area (Å²) in [4.78, 5) is 24.4. The molecular formula is C12H18ClN3O2. The number of hydrogen-bond acceptors (Lipinski definition) is 3. The second-order valence-corrected chi connectivity index (χ2v) is 4.05. The van der Waals surface area contributed by atoms with Crippen LogP contribution in [0.1, 0.15) is 17.3 Å². The minimum absolute atomic E-state index is 0. The van der Waals surface area contributed by atoms with Crippen LogP contribution in [0.15, 0.2) is 24.3 Å². The van der Waals surface area contributed by atoms with Crippen molar-refractivity contribution in [1.82, 2.24) is 4.90 Å². The summed E-state index contributed by atoms with van der Waals surface area (Å²) >= 11 is 0. The molecule has 1 atom stereocenters. The second kappa shape index (κ2) is 6.98. The van der Waals surface area contributed by atoms with Gasteiger partial charge in [-0.3, -0.25) is 9.59 Å². The predicted octanol–water partition coefficient (Wildman–Crippen LogP) is 1.10. The number of anilines is 1. The maximum Gasteiger partial charge on any atom is 0.253 e. The lowest BCUT2D eigenvalue weighted by atomic mass is 10.2. The van der Waals surface area contributed by atoms with Gasteiger partial charge in [0.1, 0.15) is 0 Å². The van der Waals surface area contributed by atoms with Gasteiger partial charge < -0.3 is 16.0 Å². The summed E-state index contributed by atoms with van der Waals surface area (Å²) < 4.78 is 0. The van der Waals surface area contributed by atoms with Gasteiger partial charge in [0.05, 0.1) is 6.04 Å². The number of carbonyl (C=O) groups is 2. The van der Waals surface area contributed by atoms with Crippen LogP contribution < -0.4 is 11.1 Å². The minimum Gasteiger partial charge on any atom is -0.345 e. The fraction of sp³-hybridized carbons (Fsp3) is 0.333. The molecule has 0 fully saturated rings. The first kappa shape index (κ1) is 16.4. The fourth-order valence-electron chi connectivity index (χ4n) is 1.21. The molecule has 0 unspecified atom stereocenters. The summed E-state index contributed by atoms with van der Waals surface area (Å²) in [6.07, 6.45) is 0. The molecule has 0 bridgehead atoms. The Morgan fingerprint density at radius 2 is 1.72 bits per heavy atom. The highest BCUT2D eigenvalue weighted by Gasteiger charge is 2.09. The summed E-state index contributed by atoms with van der Waals surface area (Å²) in [7, 11) is 3.38. The van der Waals surface area contributed by atoms with E-state index in [1.54, 1.807) is 45.3 Å². The van der Waals surface area contributed by atoms with E-state index in [1.165, 1.54) is 4.90 Å². The van der Waals surface area contributed by atoms with Gasteiger partial charge in [0.2, 0.25) is 5.91 Å². The second-order valence-electron chi connectivity index (χ2n) is 4.05. The molecule has 2 amide bonds.